The van der Waals surface area contributed by atoms with Crippen LogP contribution in [0.15, 0.2) is 0 Å². The Labute approximate surface area is 102 Å². The van der Waals surface area contributed by atoms with Crippen LogP contribution >= 0.6 is 0 Å². The molecular weight excluding hydrogens is 155 g/mol. The average Bonchev–Trinajstić information content (AvgIpc) is 1.25. The summed E-state index contributed by atoms with van der Waals surface area (Å²) in [6, 6.07) is 0. The second-order valence-electron chi connectivity index (χ2n) is 3.76. The van der Waals surface area contributed by atoms with Gasteiger partial charge in [-0.2, -0.15) is 0 Å². The van der Waals surface area contributed by atoms with Crippen molar-refractivity contribution in [1.29, 1.82) is 0 Å². The Morgan fingerprint density at radius 1 is 1.11 bits per heavy atom. The van der Waals surface area contributed by atoms with Gasteiger partial charge in [-0.1, -0.05) is 38.9 Å². The molecule has 9 heavy (non-hydrogen) atoms. The van der Waals surface area contributed by atoms with Crippen LogP contribution in [0.1, 0.15) is 20.8 Å². The first kappa shape index (κ1) is 13.4. The Morgan fingerprint density at radius 2 is 1.22 bits per heavy atom. The molecular formula is C6H15KOSi. The van der Waals surface area contributed by atoms with E-state index >= 15 is 0 Å². The van der Waals surface area contributed by atoms with E-state index in [0.29, 0.717) is 0 Å². The topological polar surface area (TPSA) is 23.1 Å². The third-order valence-corrected chi connectivity index (χ3v) is 5.42. The van der Waals surface area contributed by atoms with Crippen LogP contribution in [0.2, 0.25) is 18.1 Å². The van der Waals surface area contributed by atoms with Gasteiger partial charge in [-0.3, -0.25) is 0 Å². The minimum Gasteiger partial charge on any atom is -0.858 e. The Kier molecular flexibility index (Phi) is 5.95. The van der Waals surface area contributed by atoms with Crippen molar-refractivity contribution in [3.05, 3.63) is 0 Å². The predicted octanol–water partition coefficient (Wildman–Crippen LogP) is -1.64. The average molecular weight is 170 g/mol. The van der Waals surface area contributed by atoms with Crippen LogP contribution in [0.25, 0.3) is 0 Å². The molecule has 0 saturated heterocycles. The molecule has 0 aliphatic carbocycles. The van der Waals surface area contributed by atoms with Crippen molar-refractivity contribution in [3.63, 3.8) is 0 Å². The van der Waals surface area contributed by atoms with Gasteiger partial charge in [0.25, 0.3) is 0 Å². The summed E-state index contributed by atoms with van der Waals surface area (Å²) in [6.07, 6.45) is 0. The molecule has 0 rings (SSSR count). The van der Waals surface area contributed by atoms with E-state index in [-0.39, 0.29) is 56.4 Å². The molecule has 0 aromatic rings. The first-order chi connectivity index (χ1) is 3.25. The fourth-order valence-electron chi connectivity index (χ4n) is 0. The molecule has 0 aromatic heterocycles. The van der Waals surface area contributed by atoms with Gasteiger partial charge in [0.1, 0.15) is 0 Å². The van der Waals surface area contributed by atoms with E-state index in [1.54, 1.807) is 0 Å². The van der Waals surface area contributed by atoms with Gasteiger partial charge in [-0.15, -0.1) is 0 Å². The quantitative estimate of drug-likeness (QED) is 0.400. The van der Waals surface area contributed by atoms with E-state index in [4.69, 9.17) is 0 Å². The van der Waals surface area contributed by atoms with Crippen molar-refractivity contribution in [2.24, 2.45) is 0 Å². The smallest absolute Gasteiger partial charge is 0.858 e. The van der Waals surface area contributed by atoms with Gasteiger partial charge in [0.05, 0.1) is 0 Å². The zero-order valence-corrected chi connectivity index (χ0v) is 11.5. The van der Waals surface area contributed by atoms with Crippen LogP contribution in [-0.4, -0.2) is 8.32 Å². The fourth-order valence-corrected chi connectivity index (χ4v) is 0. The molecule has 0 aromatic carbocycles. The summed E-state index contributed by atoms with van der Waals surface area (Å²) in [5, 5.41) is 0.0208. The van der Waals surface area contributed by atoms with Crippen molar-refractivity contribution >= 4 is 8.32 Å². The Bertz CT molecular complexity index is 68.0. The van der Waals surface area contributed by atoms with Gasteiger partial charge in [0.2, 0.25) is 0 Å². The second-order valence-corrected chi connectivity index (χ2v) is 8.28. The SMILES string of the molecule is CC(C)(C)[Si](C)(C)[O-].[K+]. The molecule has 3 heteroatoms. The van der Waals surface area contributed by atoms with Gasteiger partial charge >= 0.3 is 51.4 Å². The van der Waals surface area contributed by atoms with Crippen molar-refractivity contribution in [2.75, 3.05) is 0 Å². The maximum Gasteiger partial charge on any atom is 1.00 e. The van der Waals surface area contributed by atoms with Gasteiger partial charge in [-0.05, 0) is 8.32 Å². The standard InChI is InChI=1S/C6H15OSi.K/c1-6(2,3)8(4,5)7;/h1-5H3;/q-1;+1. The second kappa shape index (κ2) is 3.99. The van der Waals surface area contributed by atoms with Crippen molar-refractivity contribution in [1.82, 2.24) is 0 Å². The van der Waals surface area contributed by atoms with E-state index in [9.17, 15) is 4.80 Å². The molecule has 1 nitrogen and oxygen atoms in total. The maximum absolute atomic E-state index is 11.3. The third kappa shape index (κ3) is 5.12. The first-order valence-corrected chi connectivity index (χ1v) is 5.86. The van der Waals surface area contributed by atoms with Gasteiger partial charge < -0.3 is 4.80 Å². The van der Waals surface area contributed by atoms with Crippen molar-refractivity contribution in [3.8, 4) is 0 Å². The maximum atomic E-state index is 11.3. The minimum atomic E-state index is -2.11. The van der Waals surface area contributed by atoms with Crippen LogP contribution in [0.3, 0.4) is 0 Å². The molecule has 0 unspecified atom stereocenters. The molecule has 0 fully saturated rings. The molecule has 0 heterocycles. The Morgan fingerprint density at radius 3 is 1.22 bits per heavy atom. The number of hydrogen-bond acceptors (Lipinski definition) is 1. The Balaban J connectivity index is 0. The molecule has 0 aliphatic rings. The molecule has 0 bridgehead atoms. The van der Waals surface area contributed by atoms with Gasteiger partial charge in [0, 0.05) is 0 Å². The van der Waals surface area contributed by atoms with E-state index in [1.165, 1.54) is 0 Å². The van der Waals surface area contributed by atoms with Crippen molar-refractivity contribution in [2.45, 2.75) is 38.9 Å². The summed E-state index contributed by atoms with van der Waals surface area (Å²) in [6.45, 7) is 9.77. The summed E-state index contributed by atoms with van der Waals surface area (Å²) in [5.41, 5.74) is 0. The number of hydrogen-bond donors (Lipinski definition) is 0. The molecule has 0 amide bonds. The Hall–Kier alpha value is 1.81. The summed E-state index contributed by atoms with van der Waals surface area (Å²) in [7, 11) is -2.11. The van der Waals surface area contributed by atoms with Crippen LogP contribution in [0.5, 0.6) is 0 Å². The van der Waals surface area contributed by atoms with E-state index in [0.717, 1.165) is 0 Å². The summed E-state index contributed by atoms with van der Waals surface area (Å²) in [5.74, 6) is 0. The largest absolute Gasteiger partial charge is 1.00 e. The number of rotatable bonds is 0. The minimum absolute atomic E-state index is 0. The molecule has 0 radical (unpaired) electrons. The molecule has 0 saturated carbocycles. The van der Waals surface area contributed by atoms with Crippen LogP contribution < -0.4 is 56.2 Å². The van der Waals surface area contributed by atoms with E-state index in [1.807, 2.05) is 33.9 Å². The van der Waals surface area contributed by atoms with Crippen LogP contribution in [0, 0.1) is 0 Å². The fraction of sp³-hybridized carbons (Fsp3) is 1.00. The predicted molar refractivity (Wildman–Crippen MR) is 37.2 cm³/mol. The molecule has 0 N–H and O–H groups in total. The third-order valence-electron chi connectivity index (χ3n) is 1.81. The summed E-state index contributed by atoms with van der Waals surface area (Å²) < 4.78 is 0. The summed E-state index contributed by atoms with van der Waals surface area (Å²) in [4.78, 5) is 11.3. The molecule has 0 aliphatic heterocycles. The van der Waals surface area contributed by atoms with Gasteiger partial charge in [0.15, 0.2) is 0 Å². The normalized spacial score (nSPS) is 12.7. The van der Waals surface area contributed by atoms with E-state index < -0.39 is 8.32 Å². The molecule has 50 valence electrons. The van der Waals surface area contributed by atoms with Gasteiger partial charge in [-0.25, -0.2) is 0 Å². The first-order valence-electron chi connectivity index (χ1n) is 2.95. The molecule has 0 spiro atoms. The monoisotopic (exact) mass is 170 g/mol. The summed E-state index contributed by atoms with van der Waals surface area (Å²) >= 11 is 0. The van der Waals surface area contributed by atoms with Crippen LogP contribution in [0.4, 0.5) is 0 Å². The molecule has 0 atom stereocenters. The van der Waals surface area contributed by atoms with Crippen LogP contribution in [-0.2, 0) is 0 Å². The zero-order valence-electron chi connectivity index (χ0n) is 7.41. The zero-order chi connectivity index (χ0) is 7.00. The van der Waals surface area contributed by atoms with Crippen molar-refractivity contribution < 1.29 is 56.2 Å². The van der Waals surface area contributed by atoms with E-state index in [2.05, 4.69) is 0 Å².